The van der Waals surface area contributed by atoms with Gasteiger partial charge in [-0.1, -0.05) is 65.7 Å². The van der Waals surface area contributed by atoms with Crippen molar-refractivity contribution in [3.05, 3.63) is 100 Å². The second-order valence-electron chi connectivity index (χ2n) is 8.26. The van der Waals surface area contributed by atoms with E-state index in [0.29, 0.717) is 23.0 Å². The second kappa shape index (κ2) is 12.8. The number of carbonyl (C=O) groups is 2. The van der Waals surface area contributed by atoms with E-state index in [1.54, 1.807) is 29.2 Å². The van der Waals surface area contributed by atoms with E-state index in [-0.39, 0.29) is 23.6 Å². The standard InChI is InChI=1S/C27H28Cl2N2O2S/c1-19(2)30-27(33)25(16-20-6-4-3-5-7-20)31(17-21-8-10-22(28)11-9-21)26(32)18-34-24-14-12-23(29)13-15-24/h3-15,19,25H,16-18H2,1-2H3,(H,30,33). The lowest BCUT2D eigenvalue weighted by molar-refractivity contribution is -0.139. The number of nitrogens with zero attached hydrogens (tertiary/aromatic N) is 1. The van der Waals surface area contributed by atoms with Crippen LogP contribution in [0.1, 0.15) is 25.0 Å². The van der Waals surface area contributed by atoms with Crippen molar-refractivity contribution in [1.82, 2.24) is 10.2 Å². The summed E-state index contributed by atoms with van der Waals surface area (Å²) < 4.78 is 0. The highest BCUT2D eigenvalue weighted by Crippen LogP contribution is 2.23. The second-order valence-corrected chi connectivity index (χ2v) is 10.2. The predicted octanol–water partition coefficient (Wildman–Crippen LogP) is 6.25. The minimum absolute atomic E-state index is 0.0401. The highest BCUT2D eigenvalue weighted by atomic mass is 35.5. The van der Waals surface area contributed by atoms with Crippen molar-refractivity contribution in [2.45, 2.75) is 43.8 Å². The molecule has 0 aliphatic rings. The molecule has 3 aromatic carbocycles. The number of nitrogens with one attached hydrogen (secondary N) is 1. The van der Waals surface area contributed by atoms with E-state index in [0.717, 1.165) is 16.0 Å². The summed E-state index contributed by atoms with van der Waals surface area (Å²) in [6.45, 7) is 4.14. The highest BCUT2D eigenvalue weighted by molar-refractivity contribution is 8.00. The number of hydrogen-bond acceptors (Lipinski definition) is 3. The first-order valence-electron chi connectivity index (χ1n) is 11.1. The Hall–Kier alpha value is -2.47. The molecule has 2 amide bonds. The summed E-state index contributed by atoms with van der Waals surface area (Å²) in [6, 6.07) is 23.8. The van der Waals surface area contributed by atoms with Crippen LogP contribution >= 0.6 is 35.0 Å². The maximum atomic E-state index is 13.5. The van der Waals surface area contributed by atoms with Crippen molar-refractivity contribution in [2.24, 2.45) is 0 Å². The topological polar surface area (TPSA) is 49.4 Å². The zero-order valence-electron chi connectivity index (χ0n) is 19.2. The van der Waals surface area contributed by atoms with E-state index in [1.165, 1.54) is 11.8 Å². The van der Waals surface area contributed by atoms with Crippen molar-refractivity contribution in [1.29, 1.82) is 0 Å². The number of amides is 2. The van der Waals surface area contributed by atoms with Gasteiger partial charge in [0.15, 0.2) is 0 Å². The van der Waals surface area contributed by atoms with Crippen molar-refractivity contribution in [3.63, 3.8) is 0 Å². The van der Waals surface area contributed by atoms with Gasteiger partial charge in [0, 0.05) is 33.9 Å². The summed E-state index contributed by atoms with van der Waals surface area (Å²) in [5.74, 6) is -0.0810. The van der Waals surface area contributed by atoms with E-state index in [1.807, 2.05) is 68.4 Å². The lowest BCUT2D eigenvalue weighted by Crippen LogP contribution is -2.52. The van der Waals surface area contributed by atoms with Crippen LogP contribution < -0.4 is 5.32 Å². The van der Waals surface area contributed by atoms with Gasteiger partial charge in [-0.25, -0.2) is 0 Å². The number of halogens is 2. The third-order valence-electron chi connectivity index (χ3n) is 5.14. The summed E-state index contributed by atoms with van der Waals surface area (Å²) in [4.78, 5) is 29.5. The van der Waals surface area contributed by atoms with Gasteiger partial charge >= 0.3 is 0 Å². The minimum atomic E-state index is -0.654. The van der Waals surface area contributed by atoms with E-state index >= 15 is 0 Å². The molecule has 1 unspecified atom stereocenters. The fraction of sp³-hybridized carbons (Fsp3) is 0.259. The Morgan fingerprint density at radius 2 is 1.44 bits per heavy atom. The van der Waals surface area contributed by atoms with Gasteiger partial charge in [-0.15, -0.1) is 11.8 Å². The molecule has 0 heterocycles. The number of rotatable bonds is 10. The maximum absolute atomic E-state index is 13.5. The van der Waals surface area contributed by atoms with Crippen LogP contribution in [0.5, 0.6) is 0 Å². The highest BCUT2D eigenvalue weighted by Gasteiger charge is 2.30. The zero-order chi connectivity index (χ0) is 24.5. The van der Waals surface area contributed by atoms with E-state index in [9.17, 15) is 9.59 Å². The first kappa shape index (κ1) is 26.1. The first-order valence-corrected chi connectivity index (χ1v) is 12.8. The SMILES string of the molecule is CC(C)NC(=O)C(Cc1ccccc1)N(Cc1ccc(Cl)cc1)C(=O)CSc1ccc(Cl)cc1. The molecule has 3 aromatic rings. The third-order valence-corrected chi connectivity index (χ3v) is 6.64. The molecular formula is C27H28Cl2N2O2S. The maximum Gasteiger partial charge on any atom is 0.243 e. The zero-order valence-corrected chi connectivity index (χ0v) is 21.5. The van der Waals surface area contributed by atoms with Gasteiger partial charge in [-0.3, -0.25) is 9.59 Å². The lowest BCUT2D eigenvalue weighted by Gasteiger charge is -2.32. The summed E-state index contributed by atoms with van der Waals surface area (Å²) >= 11 is 13.5. The summed E-state index contributed by atoms with van der Waals surface area (Å²) in [6.07, 6.45) is 0.421. The molecule has 0 bridgehead atoms. The Balaban J connectivity index is 1.89. The normalized spacial score (nSPS) is 11.8. The summed E-state index contributed by atoms with van der Waals surface area (Å²) in [5, 5.41) is 4.27. The molecule has 0 fully saturated rings. The fourth-order valence-electron chi connectivity index (χ4n) is 3.48. The molecule has 0 aromatic heterocycles. The number of benzene rings is 3. The van der Waals surface area contributed by atoms with Gasteiger partial charge in [0.05, 0.1) is 5.75 Å². The molecule has 0 radical (unpaired) electrons. The average Bonchev–Trinajstić information content (AvgIpc) is 2.82. The number of hydrogen-bond donors (Lipinski definition) is 1. The van der Waals surface area contributed by atoms with Crippen molar-refractivity contribution < 1.29 is 9.59 Å². The number of carbonyl (C=O) groups excluding carboxylic acids is 2. The average molecular weight is 516 g/mol. The van der Waals surface area contributed by atoms with Crippen LogP contribution in [0.4, 0.5) is 0 Å². The molecule has 0 saturated heterocycles. The van der Waals surface area contributed by atoms with Gasteiger partial charge in [0.2, 0.25) is 11.8 Å². The van der Waals surface area contributed by atoms with E-state index < -0.39 is 6.04 Å². The molecule has 0 aliphatic heterocycles. The molecule has 178 valence electrons. The third kappa shape index (κ3) is 8.08. The van der Waals surface area contributed by atoms with Gasteiger partial charge in [-0.05, 0) is 61.4 Å². The van der Waals surface area contributed by atoms with Crippen LogP contribution in [0, 0.1) is 0 Å². The molecule has 0 aliphatic carbocycles. The van der Waals surface area contributed by atoms with Gasteiger partial charge < -0.3 is 10.2 Å². The molecule has 4 nitrogen and oxygen atoms in total. The molecule has 3 rings (SSSR count). The molecule has 7 heteroatoms. The van der Waals surface area contributed by atoms with Crippen molar-refractivity contribution >= 4 is 46.8 Å². The van der Waals surface area contributed by atoms with Gasteiger partial charge in [0.1, 0.15) is 6.04 Å². The van der Waals surface area contributed by atoms with E-state index in [2.05, 4.69) is 5.32 Å². The predicted molar refractivity (Wildman–Crippen MR) is 141 cm³/mol. The minimum Gasteiger partial charge on any atom is -0.352 e. The summed E-state index contributed by atoms with van der Waals surface area (Å²) in [7, 11) is 0. The fourth-order valence-corrected chi connectivity index (χ4v) is 4.52. The van der Waals surface area contributed by atoms with Crippen LogP contribution in [0.15, 0.2) is 83.8 Å². The Morgan fingerprint density at radius 1 is 0.853 bits per heavy atom. The Morgan fingerprint density at radius 3 is 2.03 bits per heavy atom. The molecular weight excluding hydrogens is 487 g/mol. The van der Waals surface area contributed by atoms with Crippen LogP contribution in [-0.4, -0.2) is 34.6 Å². The quantitative estimate of drug-likeness (QED) is 0.325. The van der Waals surface area contributed by atoms with Crippen molar-refractivity contribution in [2.75, 3.05) is 5.75 Å². The van der Waals surface area contributed by atoms with Crippen LogP contribution in [-0.2, 0) is 22.6 Å². The number of thioether (sulfide) groups is 1. The largest absolute Gasteiger partial charge is 0.352 e. The van der Waals surface area contributed by atoms with Crippen molar-refractivity contribution in [3.8, 4) is 0 Å². The monoisotopic (exact) mass is 514 g/mol. The molecule has 1 N–H and O–H groups in total. The molecule has 34 heavy (non-hydrogen) atoms. The smallest absolute Gasteiger partial charge is 0.243 e. The first-order chi connectivity index (χ1) is 16.3. The molecule has 0 saturated carbocycles. The Labute approximate surface area is 215 Å². The van der Waals surface area contributed by atoms with Crippen LogP contribution in [0.2, 0.25) is 10.0 Å². The van der Waals surface area contributed by atoms with Crippen LogP contribution in [0.3, 0.4) is 0 Å². The molecule has 0 spiro atoms. The summed E-state index contributed by atoms with van der Waals surface area (Å²) in [5.41, 5.74) is 1.90. The Kier molecular flexibility index (Phi) is 9.87. The lowest BCUT2D eigenvalue weighted by atomic mass is 10.0. The van der Waals surface area contributed by atoms with Gasteiger partial charge in [-0.2, -0.15) is 0 Å². The molecule has 1 atom stereocenters. The van der Waals surface area contributed by atoms with E-state index in [4.69, 9.17) is 23.2 Å². The van der Waals surface area contributed by atoms with Gasteiger partial charge in [0.25, 0.3) is 0 Å². The van der Waals surface area contributed by atoms with Crippen LogP contribution in [0.25, 0.3) is 0 Å². The Bertz CT molecular complexity index is 1070.